The van der Waals surface area contributed by atoms with Crippen molar-refractivity contribution in [3.05, 3.63) is 107 Å². The highest BCUT2D eigenvalue weighted by atomic mass is 16.3. The van der Waals surface area contributed by atoms with Crippen LogP contribution in [0.5, 0.6) is 5.75 Å². The minimum absolute atomic E-state index is 0.00355. The van der Waals surface area contributed by atoms with E-state index in [9.17, 15) is 5.11 Å². The highest BCUT2D eigenvalue weighted by molar-refractivity contribution is 5.90. The van der Waals surface area contributed by atoms with Gasteiger partial charge in [-0.15, -0.1) is 0 Å². The molecule has 3 heteroatoms. The molecule has 144 valence electrons. The van der Waals surface area contributed by atoms with E-state index in [0.717, 1.165) is 36.2 Å². The lowest BCUT2D eigenvalue weighted by Gasteiger charge is -2.29. The van der Waals surface area contributed by atoms with Crippen molar-refractivity contribution in [1.29, 1.82) is 0 Å². The minimum atomic E-state index is -0.00355. The lowest BCUT2D eigenvalue weighted by atomic mass is 9.97. The molecule has 29 heavy (non-hydrogen) atoms. The quantitative estimate of drug-likeness (QED) is 0.478. The maximum atomic E-state index is 10.9. The van der Waals surface area contributed by atoms with Gasteiger partial charge in [0.05, 0.1) is 6.04 Å². The lowest BCUT2D eigenvalue weighted by molar-refractivity contribution is 0.226. The van der Waals surface area contributed by atoms with E-state index in [2.05, 4.69) is 82.8 Å². The summed E-state index contributed by atoms with van der Waals surface area (Å²) in [6, 6.07) is 24.7. The zero-order valence-electron chi connectivity index (χ0n) is 16.3. The Bertz CT molecular complexity index is 1150. The monoisotopic (exact) mass is 380 g/mol. The standard InChI is InChI=1S/C26H24N2O/c29-24-14-12-22-25-21(17-27-22)15-16-28(18-20-9-5-2-6-10-20)23(26(24)25)13-11-19-7-3-1-4-8-19/h1-14,17,23,27,29H,15-16,18H2/b13-11+. The van der Waals surface area contributed by atoms with Crippen molar-refractivity contribution in [2.45, 2.75) is 19.0 Å². The van der Waals surface area contributed by atoms with Crippen LogP contribution in [0.3, 0.4) is 0 Å². The average Bonchev–Trinajstić information content (AvgIpc) is 3.10. The van der Waals surface area contributed by atoms with E-state index >= 15 is 0 Å². The predicted octanol–water partition coefficient (Wildman–Crippen LogP) is 5.69. The third-order valence-electron chi connectivity index (χ3n) is 5.80. The topological polar surface area (TPSA) is 39.3 Å². The molecule has 0 amide bonds. The zero-order valence-corrected chi connectivity index (χ0v) is 16.3. The Labute approximate surface area is 170 Å². The molecule has 0 bridgehead atoms. The van der Waals surface area contributed by atoms with Crippen molar-refractivity contribution in [3.63, 3.8) is 0 Å². The van der Waals surface area contributed by atoms with E-state index in [-0.39, 0.29) is 6.04 Å². The van der Waals surface area contributed by atoms with Gasteiger partial charge in [-0.2, -0.15) is 0 Å². The third kappa shape index (κ3) is 3.45. The van der Waals surface area contributed by atoms with Crippen molar-refractivity contribution in [2.24, 2.45) is 0 Å². The van der Waals surface area contributed by atoms with Gasteiger partial charge in [-0.25, -0.2) is 0 Å². The number of hydrogen-bond donors (Lipinski definition) is 2. The van der Waals surface area contributed by atoms with Gasteiger partial charge in [0.25, 0.3) is 0 Å². The van der Waals surface area contributed by atoms with Gasteiger partial charge in [0.15, 0.2) is 0 Å². The molecule has 4 aromatic rings. The summed E-state index contributed by atoms with van der Waals surface area (Å²) in [5.74, 6) is 0.362. The van der Waals surface area contributed by atoms with Crippen LogP contribution in [0.15, 0.2) is 85.1 Å². The number of H-pyrrole nitrogens is 1. The maximum Gasteiger partial charge on any atom is 0.121 e. The van der Waals surface area contributed by atoms with Gasteiger partial charge >= 0.3 is 0 Å². The lowest BCUT2D eigenvalue weighted by Crippen LogP contribution is -2.28. The molecular weight excluding hydrogens is 356 g/mol. The van der Waals surface area contributed by atoms with Crippen LogP contribution in [0.25, 0.3) is 17.0 Å². The number of phenolic OH excluding ortho intramolecular Hbond substituents is 1. The van der Waals surface area contributed by atoms with Crippen molar-refractivity contribution < 1.29 is 5.11 Å². The van der Waals surface area contributed by atoms with E-state index in [0.29, 0.717) is 5.75 Å². The van der Waals surface area contributed by atoms with Crippen LogP contribution in [-0.4, -0.2) is 21.5 Å². The molecule has 0 saturated carbocycles. The van der Waals surface area contributed by atoms with Crippen molar-refractivity contribution in [2.75, 3.05) is 6.54 Å². The predicted molar refractivity (Wildman–Crippen MR) is 119 cm³/mol. The summed E-state index contributed by atoms with van der Waals surface area (Å²) in [6.45, 7) is 1.77. The molecule has 3 aromatic carbocycles. The molecule has 2 heterocycles. The normalized spacial score (nSPS) is 17.0. The average molecular weight is 380 g/mol. The number of aromatic amines is 1. The van der Waals surface area contributed by atoms with E-state index in [1.54, 1.807) is 0 Å². The summed E-state index contributed by atoms with van der Waals surface area (Å²) < 4.78 is 0. The van der Waals surface area contributed by atoms with Gasteiger partial charge < -0.3 is 10.1 Å². The summed E-state index contributed by atoms with van der Waals surface area (Å²) in [5.41, 5.74) is 5.81. The Balaban J connectivity index is 1.62. The molecule has 0 aliphatic carbocycles. The number of hydrogen-bond acceptors (Lipinski definition) is 2. The second kappa shape index (κ2) is 7.61. The molecule has 0 spiro atoms. The molecule has 3 nitrogen and oxygen atoms in total. The van der Waals surface area contributed by atoms with Gasteiger partial charge in [0.1, 0.15) is 5.75 Å². The fourth-order valence-electron chi connectivity index (χ4n) is 4.37. The van der Waals surface area contributed by atoms with Crippen LogP contribution in [0.2, 0.25) is 0 Å². The second-order valence-electron chi connectivity index (χ2n) is 7.66. The summed E-state index contributed by atoms with van der Waals surface area (Å²) >= 11 is 0. The fourth-order valence-corrected chi connectivity index (χ4v) is 4.37. The van der Waals surface area contributed by atoms with Crippen LogP contribution in [0.1, 0.15) is 28.3 Å². The number of nitrogens with zero attached hydrogens (tertiary/aromatic N) is 1. The number of phenols is 1. The van der Waals surface area contributed by atoms with Crippen LogP contribution in [-0.2, 0) is 13.0 Å². The van der Waals surface area contributed by atoms with E-state index < -0.39 is 0 Å². The van der Waals surface area contributed by atoms with Gasteiger partial charge in [-0.05, 0) is 35.2 Å². The first kappa shape index (κ1) is 17.8. The van der Waals surface area contributed by atoms with Gasteiger partial charge in [-0.1, -0.05) is 72.8 Å². The summed E-state index contributed by atoms with van der Waals surface area (Å²) in [5, 5.41) is 12.1. The Morgan fingerprint density at radius 3 is 2.52 bits per heavy atom. The van der Waals surface area contributed by atoms with Crippen LogP contribution in [0, 0.1) is 0 Å². The molecule has 1 atom stereocenters. The first-order valence-corrected chi connectivity index (χ1v) is 10.1. The van der Waals surface area contributed by atoms with Gasteiger partial charge in [-0.3, -0.25) is 4.90 Å². The summed E-state index contributed by atoms with van der Waals surface area (Å²) in [4.78, 5) is 5.84. The highest BCUT2D eigenvalue weighted by Gasteiger charge is 2.28. The molecule has 0 radical (unpaired) electrons. The smallest absolute Gasteiger partial charge is 0.121 e. The van der Waals surface area contributed by atoms with Gasteiger partial charge in [0.2, 0.25) is 0 Å². The molecule has 5 rings (SSSR count). The largest absolute Gasteiger partial charge is 0.508 e. The molecule has 0 saturated heterocycles. The summed E-state index contributed by atoms with van der Waals surface area (Å²) in [6.07, 6.45) is 7.45. The molecule has 1 aliphatic heterocycles. The molecule has 1 aliphatic rings. The minimum Gasteiger partial charge on any atom is -0.508 e. The van der Waals surface area contributed by atoms with Gasteiger partial charge in [0, 0.05) is 35.8 Å². The number of aromatic nitrogens is 1. The SMILES string of the molecule is Oc1ccc2[nH]cc3c2c1C(/C=C/c1ccccc1)N(Cc1ccccc1)CC3. The van der Waals surface area contributed by atoms with Crippen LogP contribution in [0.4, 0.5) is 0 Å². The van der Waals surface area contributed by atoms with E-state index in [1.165, 1.54) is 16.5 Å². The Kier molecular flexibility index (Phi) is 4.66. The highest BCUT2D eigenvalue weighted by Crippen LogP contribution is 2.41. The van der Waals surface area contributed by atoms with E-state index in [1.807, 2.05) is 18.2 Å². The molecule has 1 aromatic heterocycles. The summed E-state index contributed by atoms with van der Waals surface area (Å²) in [7, 11) is 0. The number of aromatic hydroxyl groups is 1. The zero-order chi connectivity index (χ0) is 19.6. The van der Waals surface area contributed by atoms with Crippen LogP contribution >= 0.6 is 0 Å². The number of benzene rings is 3. The third-order valence-corrected chi connectivity index (χ3v) is 5.80. The van der Waals surface area contributed by atoms with Crippen molar-refractivity contribution in [3.8, 4) is 5.75 Å². The Hall–Kier alpha value is -3.30. The van der Waals surface area contributed by atoms with E-state index in [4.69, 9.17) is 0 Å². The first-order valence-electron chi connectivity index (χ1n) is 10.1. The molecule has 2 N–H and O–H groups in total. The Morgan fingerprint density at radius 1 is 0.966 bits per heavy atom. The Morgan fingerprint density at radius 2 is 1.72 bits per heavy atom. The number of nitrogens with one attached hydrogen (secondary N) is 1. The molecule has 0 fully saturated rings. The van der Waals surface area contributed by atoms with Crippen molar-refractivity contribution in [1.82, 2.24) is 9.88 Å². The molecule has 1 unspecified atom stereocenters. The van der Waals surface area contributed by atoms with Crippen molar-refractivity contribution >= 4 is 17.0 Å². The maximum absolute atomic E-state index is 10.9. The molecular formula is C26H24N2O. The second-order valence-corrected chi connectivity index (χ2v) is 7.66. The van der Waals surface area contributed by atoms with Crippen LogP contribution < -0.4 is 0 Å². The number of rotatable bonds is 4. The fraction of sp³-hybridized carbons (Fsp3) is 0.154. The first-order chi connectivity index (χ1) is 14.3.